The second-order valence-electron chi connectivity index (χ2n) is 3.62. The zero-order chi connectivity index (χ0) is 8.48. The maximum absolute atomic E-state index is 11.4. The number of carbonyl (C=O) groups is 1. The third-order valence-corrected chi connectivity index (χ3v) is 2.11. The summed E-state index contributed by atoms with van der Waals surface area (Å²) in [5.41, 5.74) is -0.428. The Balaban J connectivity index is 2.37. The van der Waals surface area contributed by atoms with Gasteiger partial charge in [0.15, 0.2) is 0 Å². The molecule has 1 aliphatic rings. The van der Waals surface area contributed by atoms with Gasteiger partial charge >= 0.3 is 0 Å². The highest BCUT2D eigenvalue weighted by molar-refractivity contribution is 5.85. The van der Waals surface area contributed by atoms with E-state index in [1.54, 1.807) is 7.05 Å². The first-order chi connectivity index (χ1) is 5.06. The zero-order valence-electron chi connectivity index (χ0n) is 7.40. The molecule has 1 rings (SSSR count). The Morgan fingerprint density at radius 1 is 1.45 bits per heavy atom. The molecule has 0 unspecified atom stereocenters. The molecule has 0 atom stereocenters. The number of hydrogen-bond acceptors (Lipinski definition) is 2. The van der Waals surface area contributed by atoms with Gasteiger partial charge in [0.25, 0.3) is 0 Å². The molecule has 1 saturated carbocycles. The molecule has 3 nitrogen and oxygen atoms in total. The Hall–Kier alpha value is -0.570. The summed E-state index contributed by atoms with van der Waals surface area (Å²) in [6.45, 7) is 3.76. The molecule has 2 N–H and O–H groups in total. The van der Waals surface area contributed by atoms with E-state index in [4.69, 9.17) is 0 Å². The van der Waals surface area contributed by atoms with Gasteiger partial charge in [-0.3, -0.25) is 4.79 Å². The quantitative estimate of drug-likeness (QED) is 0.615. The Kier molecular flexibility index (Phi) is 2.18. The van der Waals surface area contributed by atoms with Crippen LogP contribution in [0, 0.1) is 0 Å². The van der Waals surface area contributed by atoms with Gasteiger partial charge in [-0.1, -0.05) is 0 Å². The van der Waals surface area contributed by atoms with Crippen molar-refractivity contribution in [1.82, 2.24) is 10.6 Å². The average Bonchev–Trinajstić information content (AvgIpc) is 2.72. The van der Waals surface area contributed by atoms with Crippen molar-refractivity contribution in [3.63, 3.8) is 0 Å². The van der Waals surface area contributed by atoms with Crippen molar-refractivity contribution < 1.29 is 4.79 Å². The van der Waals surface area contributed by atoms with Crippen LogP contribution in [0.1, 0.15) is 26.7 Å². The van der Waals surface area contributed by atoms with Crippen molar-refractivity contribution in [2.45, 2.75) is 38.3 Å². The highest BCUT2D eigenvalue weighted by Gasteiger charge is 2.31. The van der Waals surface area contributed by atoms with Gasteiger partial charge in [-0.25, -0.2) is 0 Å². The lowest BCUT2D eigenvalue weighted by atomic mass is 10.1. The summed E-state index contributed by atoms with van der Waals surface area (Å²) in [5, 5.41) is 5.91. The second kappa shape index (κ2) is 2.81. The van der Waals surface area contributed by atoms with Gasteiger partial charge < -0.3 is 10.6 Å². The molecule has 1 amide bonds. The van der Waals surface area contributed by atoms with E-state index in [-0.39, 0.29) is 5.91 Å². The van der Waals surface area contributed by atoms with Crippen LogP contribution in [-0.2, 0) is 4.79 Å². The van der Waals surface area contributed by atoms with E-state index in [2.05, 4.69) is 10.6 Å². The van der Waals surface area contributed by atoms with E-state index in [0.29, 0.717) is 6.04 Å². The minimum absolute atomic E-state index is 0.0995. The molecule has 1 aliphatic carbocycles. The number of carbonyl (C=O) groups excluding carboxylic acids is 1. The lowest BCUT2D eigenvalue weighted by Gasteiger charge is -2.22. The first-order valence-corrected chi connectivity index (χ1v) is 4.06. The Morgan fingerprint density at radius 2 is 2.00 bits per heavy atom. The van der Waals surface area contributed by atoms with E-state index >= 15 is 0 Å². The van der Waals surface area contributed by atoms with Crippen LogP contribution in [0.25, 0.3) is 0 Å². The van der Waals surface area contributed by atoms with Gasteiger partial charge in [0.1, 0.15) is 0 Å². The van der Waals surface area contributed by atoms with Crippen molar-refractivity contribution in [1.29, 1.82) is 0 Å². The van der Waals surface area contributed by atoms with Crippen molar-refractivity contribution in [2.75, 3.05) is 7.05 Å². The number of amides is 1. The molecule has 0 aromatic carbocycles. The fourth-order valence-corrected chi connectivity index (χ4v) is 0.707. The molecule has 0 aliphatic heterocycles. The normalized spacial score (nSPS) is 18.1. The summed E-state index contributed by atoms with van der Waals surface area (Å²) in [6, 6.07) is 0.454. The van der Waals surface area contributed by atoms with Crippen molar-refractivity contribution in [3.8, 4) is 0 Å². The summed E-state index contributed by atoms with van der Waals surface area (Å²) < 4.78 is 0. The van der Waals surface area contributed by atoms with Crippen LogP contribution < -0.4 is 10.6 Å². The average molecular weight is 156 g/mol. The minimum Gasteiger partial charge on any atom is -0.352 e. The smallest absolute Gasteiger partial charge is 0.239 e. The molecule has 0 radical (unpaired) electrons. The summed E-state index contributed by atoms with van der Waals surface area (Å²) in [4.78, 5) is 11.4. The maximum atomic E-state index is 11.4. The summed E-state index contributed by atoms with van der Waals surface area (Å²) in [7, 11) is 1.80. The van der Waals surface area contributed by atoms with E-state index in [0.717, 1.165) is 12.8 Å². The van der Waals surface area contributed by atoms with E-state index in [9.17, 15) is 4.79 Å². The molecule has 3 heteroatoms. The molecule has 0 aromatic heterocycles. The van der Waals surface area contributed by atoms with Gasteiger partial charge in [-0.05, 0) is 33.7 Å². The van der Waals surface area contributed by atoms with Crippen LogP contribution in [0.5, 0.6) is 0 Å². The predicted molar refractivity (Wildman–Crippen MR) is 44.3 cm³/mol. The van der Waals surface area contributed by atoms with Gasteiger partial charge in [-0.15, -0.1) is 0 Å². The number of likely N-dealkylation sites (N-methyl/N-ethyl adjacent to an activating group) is 1. The lowest BCUT2D eigenvalue weighted by Crippen LogP contribution is -2.51. The van der Waals surface area contributed by atoms with Crippen LogP contribution in [-0.4, -0.2) is 24.5 Å². The third kappa shape index (κ3) is 2.19. The molecule has 0 spiro atoms. The van der Waals surface area contributed by atoms with Crippen LogP contribution in [0.3, 0.4) is 0 Å². The topological polar surface area (TPSA) is 41.1 Å². The largest absolute Gasteiger partial charge is 0.352 e. The first-order valence-electron chi connectivity index (χ1n) is 4.06. The van der Waals surface area contributed by atoms with Gasteiger partial charge in [0.05, 0.1) is 5.54 Å². The monoisotopic (exact) mass is 156 g/mol. The zero-order valence-corrected chi connectivity index (χ0v) is 7.40. The maximum Gasteiger partial charge on any atom is 0.239 e. The summed E-state index contributed by atoms with van der Waals surface area (Å²) in [5.74, 6) is 0.0995. The molecular formula is C8H16N2O. The first kappa shape index (κ1) is 8.53. The fraction of sp³-hybridized carbons (Fsp3) is 0.875. The SMILES string of the molecule is CNC(C)(C)C(=O)NC1CC1. The van der Waals surface area contributed by atoms with Gasteiger partial charge in [0, 0.05) is 6.04 Å². The Bertz CT molecular complexity index is 161. The minimum atomic E-state index is -0.428. The highest BCUT2D eigenvalue weighted by Crippen LogP contribution is 2.19. The number of rotatable bonds is 3. The van der Waals surface area contributed by atoms with Gasteiger partial charge in [0.2, 0.25) is 5.91 Å². The molecule has 0 aromatic rings. The van der Waals surface area contributed by atoms with Crippen molar-refractivity contribution >= 4 is 5.91 Å². The van der Waals surface area contributed by atoms with Gasteiger partial charge in [-0.2, -0.15) is 0 Å². The number of nitrogens with one attached hydrogen (secondary N) is 2. The summed E-state index contributed by atoms with van der Waals surface area (Å²) in [6.07, 6.45) is 2.29. The molecule has 0 heterocycles. The van der Waals surface area contributed by atoms with Crippen LogP contribution in [0.2, 0.25) is 0 Å². The Morgan fingerprint density at radius 3 is 2.36 bits per heavy atom. The molecule has 1 fully saturated rings. The van der Waals surface area contributed by atoms with Crippen LogP contribution in [0.15, 0.2) is 0 Å². The third-order valence-electron chi connectivity index (χ3n) is 2.11. The van der Waals surface area contributed by atoms with Crippen LogP contribution >= 0.6 is 0 Å². The molecule has 64 valence electrons. The Labute approximate surface area is 67.5 Å². The second-order valence-corrected chi connectivity index (χ2v) is 3.62. The molecule has 11 heavy (non-hydrogen) atoms. The number of hydrogen-bond donors (Lipinski definition) is 2. The van der Waals surface area contributed by atoms with Crippen LogP contribution in [0.4, 0.5) is 0 Å². The van der Waals surface area contributed by atoms with E-state index in [1.165, 1.54) is 0 Å². The standard InChI is InChI=1S/C8H16N2O/c1-8(2,9-3)7(11)10-6-4-5-6/h6,9H,4-5H2,1-3H3,(H,10,11). The predicted octanol–water partition coefficient (Wildman–Crippen LogP) is 0.263. The van der Waals surface area contributed by atoms with Crippen molar-refractivity contribution in [3.05, 3.63) is 0 Å². The van der Waals surface area contributed by atoms with E-state index in [1.807, 2.05) is 13.8 Å². The lowest BCUT2D eigenvalue weighted by molar-refractivity contribution is -0.126. The fourth-order valence-electron chi connectivity index (χ4n) is 0.707. The summed E-state index contributed by atoms with van der Waals surface area (Å²) >= 11 is 0. The molecule has 0 saturated heterocycles. The van der Waals surface area contributed by atoms with Crippen molar-refractivity contribution in [2.24, 2.45) is 0 Å². The molecular weight excluding hydrogens is 140 g/mol. The molecule has 0 bridgehead atoms. The highest BCUT2D eigenvalue weighted by atomic mass is 16.2. The van der Waals surface area contributed by atoms with E-state index < -0.39 is 5.54 Å².